The molecular formula is C14H16N4O3. The zero-order chi connectivity index (χ0) is 15.2. The molecule has 1 heterocycles. The fourth-order valence-corrected chi connectivity index (χ4v) is 1.73. The fourth-order valence-electron chi connectivity index (χ4n) is 1.73. The second-order valence-corrected chi connectivity index (χ2v) is 4.53. The Morgan fingerprint density at radius 3 is 2.29 bits per heavy atom. The molecule has 2 rings (SSSR count). The summed E-state index contributed by atoms with van der Waals surface area (Å²) in [6.45, 7) is 1.77. The van der Waals surface area contributed by atoms with Crippen molar-refractivity contribution in [2.45, 2.75) is 26.2 Å². The molecule has 1 aliphatic rings. The summed E-state index contributed by atoms with van der Waals surface area (Å²) >= 11 is 0. The molecule has 110 valence electrons. The molecule has 0 radical (unpaired) electrons. The van der Waals surface area contributed by atoms with Crippen molar-refractivity contribution < 1.29 is 14.4 Å². The first-order valence-corrected chi connectivity index (χ1v) is 6.65. The molecule has 7 heteroatoms. The number of benzene rings is 1. The van der Waals surface area contributed by atoms with Crippen molar-refractivity contribution in [2.24, 2.45) is 5.10 Å². The van der Waals surface area contributed by atoms with Gasteiger partial charge in [-0.05, 0) is 24.3 Å². The van der Waals surface area contributed by atoms with Gasteiger partial charge < -0.3 is 10.6 Å². The predicted molar refractivity (Wildman–Crippen MR) is 78.8 cm³/mol. The van der Waals surface area contributed by atoms with E-state index in [4.69, 9.17) is 0 Å². The van der Waals surface area contributed by atoms with Crippen molar-refractivity contribution in [2.75, 3.05) is 10.6 Å². The van der Waals surface area contributed by atoms with E-state index in [0.29, 0.717) is 24.2 Å². The van der Waals surface area contributed by atoms with E-state index in [0.717, 1.165) is 0 Å². The Morgan fingerprint density at radius 2 is 1.76 bits per heavy atom. The molecule has 7 nitrogen and oxygen atoms in total. The highest BCUT2D eigenvalue weighted by Gasteiger charge is 2.18. The van der Waals surface area contributed by atoms with E-state index in [-0.39, 0.29) is 29.9 Å². The van der Waals surface area contributed by atoms with Gasteiger partial charge in [-0.25, -0.2) is 5.43 Å². The minimum Gasteiger partial charge on any atom is -0.326 e. The fraction of sp³-hybridized carbons (Fsp3) is 0.286. The van der Waals surface area contributed by atoms with Crippen LogP contribution in [0, 0.1) is 0 Å². The smallest absolute Gasteiger partial charge is 0.271 e. The summed E-state index contributed by atoms with van der Waals surface area (Å²) in [7, 11) is 0. The van der Waals surface area contributed by atoms with Crippen LogP contribution in [0.25, 0.3) is 0 Å². The summed E-state index contributed by atoms with van der Waals surface area (Å²) < 4.78 is 0. The van der Waals surface area contributed by atoms with E-state index >= 15 is 0 Å². The van der Waals surface area contributed by atoms with Crippen LogP contribution in [0.4, 0.5) is 11.4 Å². The summed E-state index contributed by atoms with van der Waals surface area (Å²) in [5.41, 5.74) is 3.83. The molecule has 1 aliphatic heterocycles. The number of hydrazone groups is 1. The van der Waals surface area contributed by atoms with Gasteiger partial charge in [0.25, 0.3) is 5.91 Å². The van der Waals surface area contributed by atoms with Gasteiger partial charge in [0.05, 0.1) is 0 Å². The molecule has 0 aromatic heterocycles. The first-order valence-electron chi connectivity index (χ1n) is 6.65. The van der Waals surface area contributed by atoms with E-state index < -0.39 is 0 Å². The van der Waals surface area contributed by atoms with Gasteiger partial charge in [-0.3, -0.25) is 14.4 Å². The first kappa shape index (κ1) is 14.7. The second-order valence-electron chi connectivity index (χ2n) is 4.53. The second kappa shape index (κ2) is 6.65. The number of anilines is 2. The number of carbonyl (C=O) groups excluding carboxylic acids is 3. The average molecular weight is 288 g/mol. The van der Waals surface area contributed by atoms with Crippen molar-refractivity contribution >= 4 is 34.8 Å². The molecule has 1 aromatic carbocycles. The van der Waals surface area contributed by atoms with Crippen LogP contribution >= 0.6 is 0 Å². The molecule has 21 heavy (non-hydrogen) atoms. The van der Waals surface area contributed by atoms with Gasteiger partial charge in [0, 0.05) is 30.6 Å². The number of nitrogens with zero attached hydrogens (tertiary/aromatic N) is 1. The minimum atomic E-state index is -0.347. The standard InChI is InChI=1S/C14H16N4O3/c1-2-12(19)15-9-3-5-10(6-4-9)16-14(21)11-7-8-13(20)18-17-11/h3-6H,2,7-8H2,1H3,(H,15,19)(H,16,21)(H,18,20). The lowest BCUT2D eigenvalue weighted by atomic mass is 10.1. The Bertz CT molecular complexity index is 593. The molecule has 1 aromatic rings. The predicted octanol–water partition coefficient (Wildman–Crippen LogP) is 1.24. The number of nitrogens with one attached hydrogen (secondary N) is 3. The van der Waals surface area contributed by atoms with E-state index in [1.807, 2.05) is 0 Å². The van der Waals surface area contributed by atoms with Crippen LogP contribution in [0.2, 0.25) is 0 Å². The van der Waals surface area contributed by atoms with Gasteiger partial charge in [-0.15, -0.1) is 0 Å². The molecule has 0 fully saturated rings. The zero-order valence-corrected chi connectivity index (χ0v) is 11.6. The molecule has 0 aliphatic carbocycles. The quantitative estimate of drug-likeness (QED) is 0.777. The molecule has 0 spiro atoms. The van der Waals surface area contributed by atoms with Crippen LogP contribution in [0.3, 0.4) is 0 Å². The van der Waals surface area contributed by atoms with Crippen molar-refractivity contribution in [1.29, 1.82) is 0 Å². The van der Waals surface area contributed by atoms with E-state index in [1.165, 1.54) is 0 Å². The van der Waals surface area contributed by atoms with Crippen LogP contribution in [0.5, 0.6) is 0 Å². The molecule has 0 bridgehead atoms. The SMILES string of the molecule is CCC(=O)Nc1ccc(NC(=O)C2=NNC(=O)CC2)cc1. The molecule has 0 unspecified atom stereocenters. The van der Waals surface area contributed by atoms with Crippen LogP contribution in [0.15, 0.2) is 29.4 Å². The maximum atomic E-state index is 11.9. The third kappa shape index (κ3) is 4.13. The number of hydrogen-bond donors (Lipinski definition) is 3. The first-order chi connectivity index (χ1) is 10.1. The summed E-state index contributed by atoms with van der Waals surface area (Å²) in [5.74, 6) is -0.609. The third-order valence-corrected chi connectivity index (χ3v) is 2.91. The third-order valence-electron chi connectivity index (χ3n) is 2.91. The number of amides is 3. The van der Waals surface area contributed by atoms with E-state index in [2.05, 4.69) is 21.2 Å². The van der Waals surface area contributed by atoms with Crippen molar-refractivity contribution in [3.63, 3.8) is 0 Å². The Morgan fingerprint density at radius 1 is 1.14 bits per heavy atom. The van der Waals surface area contributed by atoms with Crippen LogP contribution in [-0.2, 0) is 14.4 Å². The zero-order valence-electron chi connectivity index (χ0n) is 11.6. The van der Waals surface area contributed by atoms with Gasteiger partial charge in [0.1, 0.15) is 5.71 Å². The number of hydrogen-bond acceptors (Lipinski definition) is 4. The highest BCUT2D eigenvalue weighted by Crippen LogP contribution is 2.14. The van der Waals surface area contributed by atoms with Crippen molar-refractivity contribution in [3.8, 4) is 0 Å². The lowest BCUT2D eigenvalue weighted by molar-refractivity contribution is -0.121. The number of carbonyl (C=O) groups is 3. The highest BCUT2D eigenvalue weighted by molar-refractivity contribution is 6.43. The van der Waals surface area contributed by atoms with Crippen LogP contribution in [-0.4, -0.2) is 23.4 Å². The van der Waals surface area contributed by atoms with Gasteiger partial charge in [-0.1, -0.05) is 6.92 Å². The van der Waals surface area contributed by atoms with Gasteiger partial charge in [-0.2, -0.15) is 5.10 Å². The van der Waals surface area contributed by atoms with Gasteiger partial charge in [0.15, 0.2) is 0 Å². The monoisotopic (exact) mass is 288 g/mol. The van der Waals surface area contributed by atoms with Crippen molar-refractivity contribution in [1.82, 2.24) is 5.43 Å². The lowest BCUT2D eigenvalue weighted by Gasteiger charge is -2.12. The Kier molecular flexibility index (Phi) is 4.65. The molecule has 3 N–H and O–H groups in total. The Hall–Kier alpha value is -2.70. The summed E-state index contributed by atoms with van der Waals surface area (Å²) in [4.78, 5) is 34.1. The van der Waals surface area contributed by atoms with E-state index in [1.54, 1.807) is 31.2 Å². The van der Waals surface area contributed by atoms with Gasteiger partial charge >= 0.3 is 0 Å². The van der Waals surface area contributed by atoms with Crippen LogP contribution in [0.1, 0.15) is 26.2 Å². The summed E-state index contributed by atoms with van der Waals surface area (Å²) in [6.07, 6.45) is 0.987. The molecule has 0 atom stereocenters. The van der Waals surface area contributed by atoms with Crippen molar-refractivity contribution in [3.05, 3.63) is 24.3 Å². The van der Waals surface area contributed by atoms with Crippen LogP contribution < -0.4 is 16.1 Å². The lowest BCUT2D eigenvalue weighted by Crippen LogP contribution is -2.32. The largest absolute Gasteiger partial charge is 0.326 e. The molecule has 3 amide bonds. The summed E-state index contributed by atoms with van der Waals surface area (Å²) in [5, 5.41) is 9.13. The molecule has 0 saturated heterocycles. The Balaban J connectivity index is 1.95. The highest BCUT2D eigenvalue weighted by atomic mass is 16.2. The number of rotatable bonds is 4. The minimum absolute atomic E-state index is 0.0703. The van der Waals surface area contributed by atoms with Gasteiger partial charge in [0.2, 0.25) is 11.8 Å². The molecular weight excluding hydrogens is 272 g/mol. The normalized spacial score (nSPS) is 14.0. The maximum Gasteiger partial charge on any atom is 0.271 e. The summed E-state index contributed by atoms with van der Waals surface area (Å²) in [6, 6.07) is 6.78. The Labute approximate surface area is 121 Å². The molecule has 0 saturated carbocycles. The van der Waals surface area contributed by atoms with E-state index in [9.17, 15) is 14.4 Å². The topological polar surface area (TPSA) is 99.7 Å². The maximum absolute atomic E-state index is 11.9. The average Bonchev–Trinajstić information content (AvgIpc) is 2.49.